The number of fused-ring (bicyclic) bond motifs is 1. The highest BCUT2D eigenvalue weighted by molar-refractivity contribution is 5.69. The zero-order valence-electron chi connectivity index (χ0n) is 13.3. The third kappa shape index (κ3) is 2.81. The number of imidazole rings is 1. The van der Waals surface area contributed by atoms with Gasteiger partial charge in [-0.1, -0.05) is 0 Å². The monoisotopic (exact) mass is 316 g/mol. The van der Waals surface area contributed by atoms with Gasteiger partial charge in [-0.15, -0.1) is 0 Å². The second-order valence-corrected chi connectivity index (χ2v) is 5.63. The van der Waals surface area contributed by atoms with Crippen molar-refractivity contribution in [2.24, 2.45) is 7.05 Å². The lowest BCUT2D eigenvalue weighted by molar-refractivity contribution is 0.170. The summed E-state index contributed by atoms with van der Waals surface area (Å²) in [5.74, 6) is 0. The molecular weight excluding hydrogens is 296 g/mol. The van der Waals surface area contributed by atoms with Crippen molar-refractivity contribution in [2.75, 3.05) is 38.3 Å². The van der Waals surface area contributed by atoms with Crippen LogP contribution in [-0.4, -0.2) is 53.6 Å². The maximum Gasteiger partial charge on any atom is 0.267 e. The molecule has 8 nitrogen and oxygen atoms in total. The van der Waals surface area contributed by atoms with E-state index in [1.165, 1.54) is 4.68 Å². The summed E-state index contributed by atoms with van der Waals surface area (Å²) in [5, 5.41) is 12.2. The van der Waals surface area contributed by atoms with Crippen molar-refractivity contribution in [1.29, 1.82) is 5.26 Å². The molecule has 0 bridgehead atoms. The first-order valence-corrected chi connectivity index (χ1v) is 7.57. The number of nitrogens with one attached hydrogen (secondary N) is 1. The van der Waals surface area contributed by atoms with Crippen LogP contribution < -0.4 is 15.8 Å². The average molecular weight is 316 g/mol. The second kappa shape index (κ2) is 6.40. The van der Waals surface area contributed by atoms with Crippen LogP contribution in [0.15, 0.2) is 17.1 Å². The van der Waals surface area contributed by atoms with Crippen LogP contribution in [0.5, 0.6) is 0 Å². The summed E-state index contributed by atoms with van der Waals surface area (Å²) in [6.45, 7) is 2.98. The normalized spacial score (nSPS) is 18.3. The molecule has 122 valence electrons. The molecule has 3 heterocycles. The van der Waals surface area contributed by atoms with Gasteiger partial charge >= 0.3 is 0 Å². The number of ether oxygens (including phenoxy) is 1. The van der Waals surface area contributed by atoms with Crippen LogP contribution in [0, 0.1) is 11.3 Å². The summed E-state index contributed by atoms with van der Waals surface area (Å²) in [7, 11) is 3.37. The zero-order chi connectivity index (χ0) is 16.4. The smallest absolute Gasteiger partial charge is 0.267 e. The van der Waals surface area contributed by atoms with Gasteiger partial charge < -0.3 is 15.0 Å². The Bertz CT molecular complexity index is 801. The Hall–Kier alpha value is -2.37. The third-order valence-corrected chi connectivity index (χ3v) is 4.15. The van der Waals surface area contributed by atoms with Crippen LogP contribution in [0.4, 0.5) is 5.69 Å². The standard InChI is InChI=1S/C15H20N6O2/c1-19-14(22)7-13(15-18-11(3-4-16)9-21(15)19)20-6-5-17-8-12(20)10-23-2/h7,9,12,17H,3,5-6,8,10H2,1-2H3. The molecule has 1 aliphatic heterocycles. The average Bonchev–Trinajstić information content (AvgIpc) is 2.96. The molecule has 1 atom stereocenters. The van der Waals surface area contributed by atoms with Crippen LogP contribution in [-0.2, 0) is 18.2 Å². The molecule has 1 saturated heterocycles. The largest absolute Gasteiger partial charge is 0.383 e. The number of nitriles is 1. The summed E-state index contributed by atoms with van der Waals surface area (Å²) in [6.07, 6.45) is 1.97. The van der Waals surface area contributed by atoms with E-state index in [9.17, 15) is 4.79 Å². The van der Waals surface area contributed by atoms with Gasteiger partial charge in [-0.05, 0) is 0 Å². The number of rotatable bonds is 4. The molecule has 1 unspecified atom stereocenters. The molecule has 1 fully saturated rings. The first kappa shape index (κ1) is 15.5. The molecule has 1 N–H and O–H groups in total. The predicted octanol–water partition coefficient (Wildman–Crippen LogP) is -0.476. The number of nitrogens with zero attached hydrogens (tertiary/aromatic N) is 5. The number of methoxy groups -OCH3 is 1. The van der Waals surface area contributed by atoms with Crippen molar-refractivity contribution < 1.29 is 4.74 Å². The van der Waals surface area contributed by atoms with Gasteiger partial charge in [0, 0.05) is 39.9 Å². The molecule has 23 heavy (non-hydrogen) atoms. The number of hydrogen-bond acceptors (Lipinski definition) is 6. The first-order chi connectivity index (χ1) is 11.2. The van der Waals surface area contributed by atoms with Crippen molar-refractivity contribution in [1.82, 2.24) is 19.5 Å². The Morgan fingerprint density at radius 1 is 1.57 bits per heavy atom. The topological polar surface area (TPSA) is 87.6 Å². The van der Waals surface area contributed by atoms with Gasteiger partial charge in [-0.3, -0.25) is 4.79 Å². The van der Waals surface area contributed by atoms with Crippen molar-refractivity contribution in [3.8, 4) is 6.07 Å². The van der Waals surface area contributed by atoms with Gasteiger partial charge in [-0.25, -0.2) is 14.2 Å². The molecule has 0 radical (unpaired) electrons. The Kier molecular flexibility index (Phi) is 4.32. The third-order valence-electron chi connectivity index (χ3n) is 4.15. The SMILES string of the molecule is COCC1CNCCN1c1cc(=O)n(C)n2cc(CC#N)nc12. The van der Waals surface area contributed by atoms with Gasteiger partial charge in [0.2, 0.25) is 0 Å². The minimum atomic E-state index is -0.108. The van der Waals surface area contributed by atoms with E-state index in [2.05, 4.69) is 21.3 Å². The summed E-state index contributed by atoms with van der Waals surface area (Å²) < 4.78 is 8.53. The Morgan fingerprint density at radius 3 is 3.13 bits per heavy atom. The summed E-state index contributed by atoms with van der Waals surface area (Å²) in [4.78, 5) is 19.0. The molecule has 2 aromatic rings. The van der Waals surface area contributed by atoms with Crippen molar-refractivity contribution in [3.05, 3.63) is 28.3 Å². The van der Waals surface area contributed by atoms with Gasteiger partial charge in [0.25, 0.3) is 5.56 Å². The molecular formula is C15H20N6O2. The predicted molar refractivity (Wildman–Crippen MR) is 85.6 cm³/mol. The molecule has 0 amide bonds. The van der Waals surface area contributed by atoms with E-state index in [1.54, 1.807) is 30.9 Å². The highest BCUT2D eigenvalue weighted by Gasteiger charge is 2.26. The van der Waals surface area contributed by atoms with E-state index in [4.69, 9.17) is 10.00 Å². The van der Waals surface area contributed by atoms with E-state index in [0.717, 1.165) is 25.3 Å². The summed E-state index contributed by atoms with van der Waals surface area (Å²) in [6, 6.07) is 3.86. The van der Waals surface area contributed by atoms with Gasteiger partial charge in [0.1, 0.15) is 0 Å². The Balaban J connectivity index is 2.14. The summed E-state index contributed by atoms with van der Waals surface area (Å²) >= 11 is 0. The lowest BCUT2D eigenvalue weighted by Gasteiger charge is -2.37. The fraction of sp³-hybridized carbons (Fsp3) is 0.533. The molecule has 0 aliphatic carbocycles. The quantitative estimate of drug-likeness (QED) is 0.820. The highest BCUT2D eigenvalue weighted by atomic mass is 16.5. The van der Waals surface area contributed by atoms with E-state index < -0.39 is 0 Å². The van der Waals surface area contributed by atoms with Gasteiger partial charge in [-0.2, -0.15) is 5.26 Å². The van der Waals surface area contributed by atoms with Crippen LogP contribution in [0.2, 0.25) is 0 Å². The van der Waals surface area contributed by atoms with Crippen LogP contribution in [0.3, 0.4) is 0 Å². The molecule has 2 aromatic heterocycles. The molecule has 0 spiro atoms. The molecule has 1 aliphatic rings. The number of anilines is 1. The number of piperazine rings is 1. The van der Waals surface area contributed by atoms with Crippen LogP contribution in [0.1, 0.15) is 5.69 Å². The van der Waals surface area contributed by atoms with E-state index in [-0.39, 0.29) is 18.0 Å². The zero-order valence-corrected chi connectivity index (χ0v) is 13.3. The molecule has 8 heteroatoms. The Morgan fingerprint density at radius 2 is 2.39 bits per heavy atom. The van der Waals surface area contributed by atoms with E-state index in [0.29, 0.717) is 17.9 Å². The van der Waals surface area contributed by atoms with Crippen molar-refractivity contribution >= 4 is 11.3 Å². The minimum Gasteiger partial charge on any atom is -0.383 e. The van der Waals surface area contributed by atoms with Gasteiger partial charge in [0.15, 0.2) is 5.65 Å². The van der Waals surface area contributed by atoms with Crippen LogP contribution >= 0.6 is 0 Å². The highest BCUT2D eigenvalue weighted by Crippen LogP contribution is 2.23. The summed E-state index contributed by atoms with van der Waals surface area (Å²) in [5.41, 5.74) is 2.04. The molecule has 0 saturated carbocycles. The fourth-order valence-corrected chi connectivity index (χ4v) is 3.00. The number of aryl methyl sites for hydroxylation is 1. The number of aromatic nitrogens is 3. The second-order valence-electron chi connectivity index (χ2n) is 5.63. The van der Waals surface area contributed by atoms with Gasteiger partial charge in [0.05, 0.1) is 42.7 Å². The lowest BCUT2D eigenvalue weighted by atomic mass is 10.2. The van der Waals surface area contributed by atoms with E-state index >= 15 is 0 Å². The van der Waals surface area contributed by atoms with Crippen molar-refractivity contribution in [2.45, 2.75) is 12.5 Å². The maximum atomic E-state index is 12.3. The Labute approximate surface area is 133 Å². The van der Waals surface area contributed by atoms with E-state index in [1.807, 2.05) is 0 Å². The first-order valence-electron chi connectivity index (χ1n) is 7.57. The lowest BCUT2D eigenvalue weighted by Crippen LogP contribution is -2.53. The van der Waals surface area contributed by atoms with Crippen molar-refractivity contribution in [3.63, 3.8) is 0 Å². The fourth-order valence-electron chi connectivity index (χ4n) is 3.00. The molecule has 0 aromatic carbocycles. The number of hydrogen-bond donors (Lipinski definition) is 1. The van der Waals surface area contributed by atoms with Crippen LogP contribution in [0.25, 0.3) is 5.65 Å². The minimum absolute atomic E-state index is 0.108. The maximum absolute atomic E-state index is 12.3. The molecule has 3 rings (SSSR count).